The fraction of sp³-hybridized carbons (Fsp3) is 0.0833. The van der Waals surface area contributed by atoms with Crippen LogP contribution in [0.15, 0.2) is 34.9 Å². The van der Waals surface area contributed by atoms with E-state index in [1.807, 2.05) is 25.1 Å². The number of nitrogens with zero attached hydrogens (tertiary/aromatic N) is 2. The summed E-state index contributed by atoms with van der Waals surface area (Å²) in [6, 6.07) is 7.49. The van der Waals surface area contributed by atoms with Crippen LogP contribution in [0, 0.1) is 6.92 Å². The van der Waals surface area contributed by atoms with Crippen LogP contribution in [0.4, 0.5) is 0 Å². The topological polar surface area (TPSA) is 42.9 Å². The summed E-state index contributed by atoms with van der Waals surface area (Å²) >= 11 is 3.46. The molecule has 0 bridgehead atoms. The molecule has 0 unspecified atom stereocenters. The molecule has 1 aromatic heterocycles. The second kappa shape index (κ2) is 4.53. The van der Waals surface area contributed by atoms with Gasteiger partial charge in [0.2, 0.25) is 0 Å². The largest absolute Gasteiger partial charge is 0.296 e. The Hall–Kier alpha value is -1.55. The van der Waals surface area contributed by atoms with E-state index in [4.69, 9.17) is 0 Å². The highest BCUT2D eigenvalue weighted by Gasteiger charge is 2.06. The highest BCUT2D eigenvalue weighted by Crippen LogP contribution is 2.26. The normalized spacial score (nSPS) is 10.1. The lowest BCUT2D eigenvalue weighted by Gasteiger charge is -2.04. The molecule has 0 saturated carbocycles. The van der Waals surface area contributed by atoms with E-state index in [1.165, 1.54) is 0 Å². The molecule has 3 nitrogen and oxygen atoms in total. The van der Waals surface area contributed by atoms with Crippen molar-refractivity contribution in [2.45, 2.75) is 6.92 Å². The number of hydrogen-bond donors (Lipinski definition) is 0. The third kappa shape index (κ3) is 2.17. The molecule has 2 aromatic rings. The Morgan fingerprint density at radius 2 is 2.12 bits per heavy atom. The zero-order valence-electron chi connectivity index (χ0n) is 8.64. The lowest BCUT2D eigenvalue weighted by atomic mass is 10.1. The first-order chi connectivity index (χ1) is 7.70. The van der Waals surface area contributed by atoms with Gasteiger partial charge in [-0.3, -0.25) is 4.79 Å². The van der Waals surface area contributed by atoms with E-state index in [1.54, 1.807) is 12.3 Å². The minimum absolute atomic E-state index is 0.387. The van der Waals surface area contributed by atoms with Crippen LogP contribution in [-0.2, 0) is 0 Å². The van der Waals surface area contributed by atoms with Crippen LogP contribution < -0.4 is 0 Å². The van der Waals surface area contributed by atoms with Crippen molar-refractivity contribution in [3.63, 3.8) is 0 Å². The Balaban J connectivity index is 2.53. The lowest BCUT2D eigenvalue weighted by molar-refractivity contribution is 0.111. The van der Waals surface area contributed by atoms with E-state index in [0.29, 0.717) is 17.8 Å². The number of hydrogen-bond acceptors (Lipinski definition) is 3. The van der Waals surface area contributed by atoms with Crippen LogP contribution in [0.25, 0.3) is 11.4 Å². The van der Waals surface area contributed by atoms with Gasteiger partial charge in [0.15, 0.2) is 12.1 Å². The van der Waals surface area contributed by atoms with Crippen molar-refractivity contribution < 1.29 is 4.79 Å². The number of carbonyl (C=O) groups is 1. The van der Waals surface area contributed by atoms with Gasteiger partial charge in [-0.1, -0.05) is 22.0 Å². The molecular weight excluding hydrogens is 268 g/mol. The summed E-state index contributed by atoms with van der Waals surface area (Å²) in [7, 11) is 0. The van der Waals surface area contributed by atoms with Crippen LogP contribution in [-0.4, -0.2) is 16.3 Å². The highest BCUT2D eigenvalue weighted by molar-refractivity contribution is 9.10. The van der Waals surface area contributed by atoms with Crippen LogP contribution in [0.2, 0.25) is 0 Å². The quantitative estimate of drug-likeness (QED) is 0.792. The molecule has 0 aliphatic rings. The van der Waals surface area contributed by atoms with Gasteiger partial charge in [-0.05, 0) is 30.7 Å². The number of aryl methyl sites for hydroxylation is 1. The van der Waals surface area contributed by atoms with Crippen LogP contribution in [0.1, 0.15) is 16.1 Å². The number of benzene rings is 1. The van der Waals surface area contributed by atoms with E-state index >= 15 is 0 Å². The van der Waals surface area contributed by atoms with Gasteiger partial charge in [0.1, 0.15) is 5.69 Å². The van der Waals surface area contributed by atoms with E-state index in [0.717, 1.165) is 15.6 Å². The first-order valence-electron chi connectivity index (χ1n) is 4.75. The van der Waals surface area contributed by atoms with Gasteiger partial charge in [0.25, 0.3) is 0 Å². The SMILES string of the molecule is Cc1ccc(-c2nccc(C=O)n2)c(Br)c1. The molecule has 4 heteroatoms. The fourth-order valence-electron chi connectivity index (χ4n) is 1.37. The Bertz CT molecular complexity index is 540. The molecule has 16 heavy (non-hydrogen) atoms. The molecule has 0 saturated heterocycles. The molecular formula is C12H9BrN2O. The number of aldehydes is 1. The maximum absolute atomic E-state index is 10.6. The zero-order chi connectivity index (χ0) is 11.5. The van der Waals surface area contributed by atoms with Gasteiger partial charge in [-0.25, -0.2) is 9.97 Å². The molecule has 0 spiro atoms. The summed E-state index contributed by atoms with van der Waals surface area (Å²) in [6.07, 6.45) is 2.30. The predicted molar refractivity (Wildman–Crippen MR) is 65.3 cm³/mol. The van der Waals surface area contributed by atoms with Gasteiger partial charge in [0, 0.05) is 16.2 Å². The summed E-state index contributed by atoms with van der Waals surface area (Å²) in [5.74, 6) is 0.552. The zero-order valence-corrected chi connectivity index (χ0v) is 10.2. The van der Waals surface area contributed by atoms with Crippen molar-refractivity contribution >= 4 is 22.2 Å². The summed E-state index contributed by atoms with van der Waals surface area (Å²) in [6.45, 7) is 2.01. The monoisotopic (exact) mass is 276 g/mol. The Kier molecular flexibility index (Phi) is 3.10. The standard InChI is InChI=1S/C12H9BrN2O/c1-8-2-3-10(11(13)6-8)12-14-5-4-9(7-16)15-12/h2-7H,1H3. The molecule has 1 aromatic carbocycles. The van der Waals surface area contributed by atoms with E-state index < -0.39 is 0 Å². The first-order valence-corrected chi connectivity index (χ1v) is 5.55. The smallest absolute Gasteiger partial charge is 0.168 e. The predicted octanol–water partition coefficient (Wildman–Crippen LogP) is 3.03. The second-order valence-electron chi connectivity index (χ2n) is 3.41. The number of aromatic nitrogens is 2. The van der Waals surface area contributed by atoms with Gasteiger partial charge < -0.3 is 0 Å². The minimum atomic E-state index is 0.387. The van der Waals surface area contributed by atoms with Crippen molar-refractivity contribution in [2.24, 2.45) is 0 Å². The maximum atomic E-state index is 10.6. The number of halogens is 1. The Morgan fingerprint density at radius 1 is 1.31 bits per heavy atom. The number of carbonyl (C=O) groups excluding carboxylic acids is 1. The van der Waals surface area contributed by atoms with Crippen LogP contribution in [0.5, 0.6) is 0 Å². The fourth-order valence-corrected chi connectivity index (χ4v) is 2.04. The Labute approximate surface area is 102 Å². The lowest BCUT2D eigenvalue weighted by Crippen LogP contribution is -1.94. The van der Waals surface area contributed by atoms with Crippen molar-refractivity contribution in [2.75, 3.05) is 0 Å². The van der Waals surface area contributed by atoms with Crippen LogP contribution >= 0.6 is 15.9 Å². The number of rotatable bonds is 2. The maximum Gasteiger partial charge on any atom is 0.168 e. The van der Waals surface area contributed by atoms with E-state index in [-0.39, 0.29) is 0 Å². The van der Waals surface area contributed by atoms with Gasteiger partial charge in [0.05, 0.1) is 0 Å². The summed E-state index contributed by atoms with van der Waals surface area (Å²) in [5.41, 5.74) is 2.42. The molecule has 0 amide bonds. The first kappa shape index (κ1) is 11.0. The average molecular weight is 277 g/mol. The Morgan fingerprint density at radius 3 is 2.81 bits per heavy atom. The highest BCUT2D eigenvalue weighted by atomic mass is 79.9. The molecule has 1 heterocycles. The van der Waals surface area contributed by atoms with Gasteiger partial charge in [-0.2, -0.15) is 0 Å². The molecule has 0 atom stereocenters. The average Bonchev–Trinajstić information content (AvgIpc) is 2.29. The van der Waals surface area contributed by atoms with Gasteiger partial charge >= 0.3 is 0 Å². The van der Waals surface area contributed by atoms with Gasteiger partial charge in [-0.15, -0.1) is 0 Å². The van der Waals surface area contributed by atoms with Crippen molar-refractivity contribution in [1.29, 1.82) is 0 Å². The van der Waals surface area contributed by atoms with E-state index in [9.17, 15) is 4.79 Å². The molecule has 0 aliphatic heterocycles. The molecule has 0 N–H and O–H groups in total. The minimum Gasteiger partial charge on any atom is -0.296 e. The summed E-state index contributed by atoms with van der Waals surface area (Å²) in [5, 5.41) is 0. The van der Waals surface area contributed by atoms with Crippen molar-refractivity contribution in [1.82, 2.24) is 9.97 Å². The van der Waals surface area contributed by atoms with Crippen molar-refractivity contribution in [3.05, 3.63) is 46.2 Å². The summed E-state index contributed by atoms with van der Waals surface area (Å²) in [4.78, 5) is 18.9. The molecule has 0 radical (unpaired) electrons. The molecule has 2 rings (SSSR count). The molecule has 0 fully saturated rings. The molecule has 80 valence electrons. The van der Waals surface area contributed by atoms with Crippen molar-refractivity contribution in [3.8, 4) is 11.4 Å². The van der Waals surface area contributed by atoms with E-state index in [2.05, 4.69) is 25.9 Å². The summed E-state index contributed by atoms with van der Waals surface area (Å²) < 4.78 is 0.926. The molecule has 0 aliphatic carbocycles. The second-order valence-corrected chi connectivity index (χ2v) is 4.26. The van der Waals surface area contributed by atoms with Crippen LogP contribution in [0.3, 0.4) is 0 Å². The third-order valence-electron chi connectivity index (χ3n) is 2.16. The third-order valence-corrected chi connectivity index (χ3v) is 2.82.